The van der Waals surface area contributed by atoms with E-state index in [-0.39, 0.29) is 23.1 Å². The number of nitrogens with zero attached hydrogens (tertiary/aromatic N) is 6. The van der Waals surface area contributed by atoms with Crippen LogP contribution in [0.25, 0.3) is 11.5 Å². The average molecular weight is 416 g/mol. The number of piperazine rings is 1. The molecule has 4 aromatic rings. The summed E-state index contributed by atoms with van der Waals surface area (Å²) >= 11 is 0. The average Bonchev–Trinajstić information content (AvgIpc) is 3.17. The Hall–Kier alpha value is -4.05. The lowest BCUT2D eigenvalue weighted by Crippen LogP contribution is -2.43. The van der Waals surface area contributed by atoms with Gasteiger partial charge in [-0.25, -0.2) is 14.2 Å². The number of amides is 1. The van der Waals surface area contributed by atoms with Gasteiger partial charge < -0.3 is 15.5 Å². The molecule has 31 heavy (non-hydrogen) atoms. The van der Waals surface area contributed by atoms with Crippen LogP contribution in [0.15, 0.2) is 65.8 Å². The van der Waals surface area contributed by atoms with Gasteiger partial charge in [-0.15, -0.1) is 5.10 Å². The predicted molar refractivity (Wildman–Crippen MR) is 116 cm³/mol. The number of pyridine rings is 3. The fraction of sp³-hybridized carbons (Fsp3) is 0.190. The maximum Gasteiger partial charge on any atom is 0.356 e. The van der Waals surface area contributed by atoms with Gasteiger partial charge in [0.25, 0.3) is 5.91 Å². The molecule has 1 amide bonds. The zero-order valence-corrected chi connectivity index (χ0v) is 16.6. The Morgan fingerprint density at radius 3 is 2.77 bits per heavy atom. The first kappa shape index (κ1) is 18.9. The van der Waals surface area contributed by atoms with Crippen LogP contribution in [-0.2, 0) is 0 Å². The second kappa shape index (κ2) is 8.00. The lowest BCUT2D eigenvalue weighted by Gasteiger charge is -2.30. The molecule has 10 nitrogen and oxygen atoms in total. The van der Waals surface area contributed by atoms with Crippen LogP contribution in [0, 0.1) is 0 Å². The van der Waals surface area contributed by atoms with Gasteiger partial charge in [0.05, 0.1) is 17.6 Å². The number of rotatable bonds is 4. The number of anilines is 2. The molecule has 0 radical (unpaired) electrons. The SMILES string of the molecule is O=C(Nc1cnccc1N1CCNCC1)c1cccc(-n2nc3ccccn3c2=O)n1. The molecule has 5 rings (SSSR count). The Kier molecular flexibility index (Phi) is 4.89. The quantitative estimate of drug-likeness (QED) is 0.509. The zero-order valence-electron chi connectivity index (χ0n) is 16.6. The number of hydrogen-bond donors (Lipinski definition) is 2. The largest absolute Gasteiger partial charge is 0.367 e. The van der Waals surface area contributed by atoms with Crippen LogP contribution in [0.3, 0.4) is 0 Å². The Bertz CT molecular complexity index is 1310. The van der Waals surface area contributed by atoms with Gasteiger partial charge in [0.2, 0.25) is 0 Å². The fourth-order valence-corrected chi connectivity index (χ4v) is 3.59. The number of carbonyl (C=O) groups is 1. The molecule has 0 aliphatic carbocycles. The normalized spacial score (nSPS) is 14.0. The molecule has 0 aromatic carbocycles. The van der Waals surface area contributed by atoms with E-state index >= 15 is 0 Å². The maximum atomic E-state index is 12.9. The Labute approximate surface area is 177 Å². The van der Waals surface area contributed by atoms with E-state index in [9.17, 15) is 9.59 Å². The van der Waals surface area contributed by atoms with Crippen molar-refractivity contribution < 1.29 is 4.79 Å². The van der Waals surface area contributed by atoms with E-state index in [1.165, 1.54) is 9.08 Å². The molecule has 4 aromatic heterocycles. The van der Waals surface area contributed by atoms with E-state index < -0.39 is 0 Å². The molecule has 1 aliphatic heterocycles. The first-order valence-electron chi connectivity index (χ1n) is 9.95. The van der Waals surface area contributed by atoms with Gasteiger partial charge in [0.1, 0.15) is 5.69 Å². The second-order valence-corrected chi connectivity index (χ2v) is 7.09. The predicted octanol–water partition coefficient (Wildman–Crippen LogP) is 0.937. The number of carbonyl (C=O) groups excluding carboxylic acids is 1. The van der Waals surface area contributed by atoms with Crippen molar-refractivity contribution in [3.8, 4) is 5.82 Å². The van der Waals surface area contributed by atoms with Gasteiger partial charge >= 0.3 is 5.69 Å². The van der Waals surface area contributed by atoms with E-state index in [0.717, 1.165) is 31.9 Å². The summed E-state index contributed by atoms with van der Waals surface area (Å²) in [6.07, 6.45) is 4.98. The molecule has 2 N–H and O–H groups in total. The van der Waals surface area contributed by atoms with E-state index in [1.807, 2.05) is 6.07 Å². The summed E-state index contributed by atoms with van der Waals surface area (Å²) < 4.78 is 2.60. The van der Waals surface area contributed by atoms with Crippen molar-refractivity contribution in [2.24, 2.45) is 0 Å². The van der Waals surface area contributed by atoms with Crippen LogP contribution in [0.1, 0.15) is 10.5 Å². The molecule has 10 heteroatoms. The highest BCUT2D eigenvalue weighted by Crippen LogP contribution is 2.25. The second-order valence-electron chi connectivity index (χ2n) is 7.09. The molecule has 0 bridgehead atoms. The fourth-order valence-electron chi connectivity index (χ4n) is 3.59. The minimum Gasteiger partial charge on any atom is -0.367 e. The smallest absolute Gasteiger partial charge is 0.356 e. The van der Waals surface area contributed by atoms with Gasteiger partial charge in [-0.3, -0.25) is 9.78 Å². The van der Waals surface area contributed by atoms with Gasteiger partial charge in [0, 0.05) is 38.6 Å². The third kappa shape index (κ3) is 3.64. The first-order chi connectivity index (χ1) is 15.2. The van der Waals surface area contributed by atoms with Crippen molar-refractivity contribution in [1.82, 2.24) is 29.5 Å². The summed E-state index contributed by atoms with van der Waals surface area (Å²) in [5.41, 5.74) is 1.86. The molecule has 1 aliphatic rings. The van der Waals surface area contributed by atoms with Crippen molar-refractivity contribution in [3.05, 3.63) is 77.2 Å². The summed E-state index contributed by atoms with van der Waals surface area (Å²) in [6, 6.07) is 12.1. The highest BCUT2D eigenvalue weighted by atomic mass is 16.2. The molecular weight excluding hydrogens is 396 g/mol. The monoisotopic (exact) mass is 416 g/mol. The Balaban J connectivity index is 1.44. The summed E-state index contributed by atoms with van der Waals surface area (Å²) in [7, 11) is 0. The minimum atomic E-state index is -0.386. The van der Waals surface area contributed by atoms with Crippen LogP contribution in [0.2, 0.25) is 0 Å². The summed E-state index contributed by atoms with van der Waals surface area (Å²) in [5.74, 6) is -0.113. The number of hydrogen-bond acceptors (Lipinski definition) is 7. The zero-order chi connectivity index (χ0) is 21.2. The molecular formula is C21H20N8O2. The number of aromatic nitrogens is 5. The standard InChI is InChI=1S/C21H20N8O2/c30-20(25-16-14-23-8-7-17(16)27-12-9-22-10-13-27)15-4-3-6-18(24-15)29-21(31)28-11-2-1-5-19(28)26-29/h1-8,11,14,22H,9-10,12-13H2,(H,25,30). The summed E-state index contributed by atoms with van der Waals surface area (Å²) in [4.78, 5) is 36.3. The van der Waals surface area contributed by atoms with Gasteiger partial charge in [-0.2, -0.15) is 4.68 Å². The lowest BCUT2D eigenvalue weighted by atomic mass is 10.2. The van der Waals surface area contributed by atoms with Crippen molar-refractivity contribution >= 4 is 22.9 Å². The first-order valence-corrected chi connectivity index (χ1v) is 9.95. The highest BCUT2D eigenvalue weighted by Gasteiger charge is 2.18. The van der Waals surface area contributed by atoms with Crippen LogP contribution in [0.5, 0.6) is 0 Å². The molecule has 5 heterocycles. The van der Waals surface area contributed by atoms with E-state index in [0.29, 0.717) is 11.3 Å². The number of nitrogens with one attached hydrogen (secondary N) is 2. The molecule has 1 saturated heterocycles. The topological polar surface area (TPSA) is 109 Å². The van der Waals surface area contributed by atoms with E-state index in [4.69, 9.17) is 0 Å². The molecule has 0 spiro atoms. The van der Waals surface area contributed by atoms with Crippen molar-refractivity contribution in [3.63, 3.8) is 0 Å². The molecule has 156 valence electrons. The van der Waals surface area contributed by atoms with Gasteiger partial charge in [-0.1, -0.05) is 12.1 Å². The molecule has 0 saturated carbocycles. The van der Waals surface area contributed by atoms with Gasteiger partial charge in [0.15, 0.2) is 11.5 Å². The Morgan fingerprint density at radius 1 is 1.06 bits per heavy atom. The van der Waals surface area contributed by atoms with Crippen molar-refractivity contribution in [2.75, 3.05) is 36.4 Å². The van der Waals surface area contributed by atoms with Crippen molar-refractivity contribution in [2.45, 2.75) is 0 Å². The van der Waals surface area contributed by atoms with E-state index in [1.54, 1.807) is 55.0 Å². The summed E-state index contributed by atoms with van der Waals surface area (Å²) in [6.45, 7) is 3.45. The summed E-state index contributed by atoms with van der Waals surface area (Å²) in [5, 5.41) is 10.5. The molecule has 1 fully saturated rings. The highest BCUT2D eigenvalue weighted by molar-refractivity contribution is 6.04. The van der Waals surface area contributed by atoms with Crippen molar-refractivity contribution in [1.29, 1.82) is 0 Å². The van der Waals surface area contributed by atoms with Crippen LogP contribution >= 0.6 is 0 Å². The van der Waals surface area contributed by atoms with E-state index in [2.05, 4.69) is 30.6 Å². The lowest BCUT2D eigenvalue weighted by molar-refractivity contribution is 0.102. The number of fused-ring (bicyclic) bond motifs is 1. The maximum absolute atomic E-state index is 12.9. The van der Waals surface area contributed by atoms with Crippen LogP contribution < -0.4 is 21.2 Å². The minimum absolute atomic E-state index is 0.177. The Morgan fingerprint density at radius 2 is 1.94 bits per heavy atom. The van der Waals surface area contributed by atoms with Crippen LogP contribution in [0.4, 0.5) is 11.4 Å². The van der Waals surface area contributed by atoms with Crippen LogP contribution in [-0.4, -0.2) is 56.2 Å². The van der Waals surface area contributed by atoms with Gasteiger partial charge in [-0.05, 0) is 30.3 Å². The molecule has 0 atom stereocenters. The third-order valence-electron chi connectivity index (χ3n) is 5.12. The molecule has 0 unspecified atom stereocenters. The third-order valence-corrected chi connectivity index (χ3v) is 5.12.